The predicted octanol–water partition coefficient (Wildman–Crippen LogP) is 3.54. The third kappa shape index (κ3) is 3.71. The number of esters is 1. The number of nitrogens with one attached hydrogen (secondary N) is 1. The number of rotatable bonds is 4. The molecular formula is C23H13F2NO5. The van der Waals surface area contributed by atoms with E-state index < -0.39 is 41.7 Å². The van der Waals surface area contributed by atoms with Crippen LogP contribution in [0.2, 0.25) is 0 Å². The Labute approximate surface area is 174 Å². The number of halogens is 2. The van der Waals surface area contributed by atoms with Gasteiger partial charge in [0.05, 0.1) is 5.56 Å². The van der Waals surface area contributed by atoms with E-state index in [-0.39, 0.29) is 33.5 Å². The number of anilines is 1. The minimum atomic E-state index is -1.14. The molecule has 0 saturated carbocycles. The van der Waals surface area contributed by atoms with Gasteiger partial charge in [0.25, 0.3) is 5.91 Å². The molecule has 3 aromatic rings. The maximum atomic E-state index is 13.2. The van der Waals surface area contributed by atoms with E-state index in [4.69, 9.17) is 4.74 Å². The summed E-state index contributed by atoms with van der Waals surface area (Å²) in [6.07, 6.45) is 0. The van der Waals surface area contributed by atoms with Crippen molar-refractivity contribution in [2.75, 3.05) is 11.9 Å². The second-order valence-corrected chi connectivity index (χ2v) is 6.69. The highest BCUT2D eigenvalue weighted by molar-refractivity contribution is 6.30. The lowest BCUT2D eigenvalue weighted by molar-refractivity contribution is -0.119. The van der Waals surface area contributed by atoms with Crippen LogP contribution in [0.1, 0.15) is 42.2 Å². The molecule has 0 atom stereocenters. The largest absolute Gasteiger partial charge is 0.452 e. The number of hydrogen-bond acceptors (Lipinski definition) is 5. The molecule has 0 unspecified atom stereocenters. The highest BCUT2D eigenvalue weighted by atomic mass is 19.2. The molecule has 1 amide bonds. The van der Waals surface area contributed by atoms with Gasteiger partial charge in [-0.2, -0.15) is 0 Å². The van der Waals surface area contributed by atoms with Gasteiger partial charge in [-0.05, 0) is 18.2 Å². The van der Waals surface area contributed by atoms with Gasteiger partial charge < -0.3 is 10.1 Å². The van der Waals surface area contributed by atoms with Crippen molar-refractivity contribution in [3.63, 3.8) is 0 Å². The molecule has 6 nitrogen and oxygen atoms in total. The van der Waals surface area contributed by atoms with E-state index in [0.717, 1.165) is 18.2 Å². The number of hydrogen-bond donors (Lipinski definition) is 1. The summed E-state index contributed by atoms with van der Waals surface area (Å²) < 4.78 is 31.2. The van der Waals surface area contributed by atoms with Crippen LogP contribution < -0.4 is 5.32 Å². The van der Waals surface area contributed by atoms with Crippen LogP contribution in [0.25, 0.3) is 0 Å². The van der Waals surface area contributed by atoms with Crippen LogP contribution in [0.5, 0.6) is 0 Å². The molecule has 154 valence electrons. The Morgan fingerprint density at radius 1 is 0.806 bits per heavy atom. The molecule has 0 spiro atoms. The first-order valence-electron chi connectivity index (χ1n) is 9.10. The molecule has 8 heteroatoms. The molecule has 0 heterocycles. The number of carbonyl (C=O) groups excluding carboxylic acids is 4. The second kappa shape index (κ2) is 7.91. The average Bonchev–Trinajstić information content (AvgIpc) is 2.78. The smallest absolute Gasteiger partial charge is 0.339 e. The lowest BCUT2D eigenvalue weighted by Gasteiger charge is -2.19. The molecule has 1 N–H and O–H groups in total. The summed E-state index contributed by atoms with van der Waals surface area (Å²) in [6.45, 7) is -0.736. The third-order valence-electron chi connectivity index (χ3n) is 4.71. The first kappa shape index (κ1) is 20.1. The SMILES string of the molecule is O=C(COC(=O)c1cccc2c1C(=O)c1ccccc1C2=O)Nc1ccc(F)c(F)c1. The van der Waals surface area contributed by atoms with Crippen molar-refractivity contribution in [3.8, 4) is 0 Å². The third-order valence-corrected chi connectivity index (χ3v) is 4.71. The number of benzene rings is 3. The molecule has 3 aromatic carbocycles. The predicted molar refractivity (Wildman–Crippen MR) is 105 cm³/mol. The van der Waals surface area contributed by atoms with Gasteiger partial charge in [0.15, 0.2) is 29.8 Å². The number of ketones is 2. The van der Waals surface area contributed by atoms with Crippen LogP contribution in [-0.4, -0.2) is 30.0 Å². The minimum Gasteiger partial charge on any atom is -0.452 e. The van der Waals surface area contributed by atoms with E-state index in [9.17, 15) is 28.0 Å². The van der Waals surface area contributed by atoms with Crippen molar-refractivity contribution in [1.82, 2.24) is 0 Å². The Morgan fingerprint density at radius 3 is 2.19 bits per heavy atom. The van der Waals surface area contributed by atoms with Crippen molar-refractivity contribution in [1.29, 1.82) is 0 Å². The first-order valence-corrected chi connectivity index (χ1v) is 9.10. The van der Waals surface area contributed by atoms with Gasteiger partial charge in [-0.1, -0.05) is 36.4 Å². The molecular weight excluding hydrogens is 408 g/mol. The highest BCUT2D eigenvalue weighted by Crippen LogP contribution is 2.29. The molecule has 0 bridgehead atoms. The maximum Gasteiger partial charge on any atom is 0.339 e. The molecule has 1 aliphatic rings. The second-order valence-electron chi connectivity index (χ2n) is 6.69. The van der Waals surface area contributed by atoms with Gasteiger partial charge in [-0.15, -0.1) is 0 Å². The van der Waals surface area contributed by atoms with Gasteiger partial charge in [-0.3, -0.25) is 14.4 Å². The Kier molecular flexibility index (Phi) is 5.12. The summed E-state index contributed by atoms with van der Waals surface area (Å²) >= 11 is 0. The van der Waals surface area contributed by atoms with Crippen LogP contribution in [0, 0.1) is 11.6 Å². The maximum absolute atomic E-state index is 13.2. The van der Waals surface area contributed by atoms with E-state index in [0.29, 0.717) is 0 Å². The fourth-order valence-corrected chi connectivity index (χ4v) is 3.29. The molecule has 0 fully saturated rings. The van der Waals surface area contributed by atoms with Crippen molar-refractivity contribution >= 4 is 29.1 Å². The zero-order valence-corrected chi connectivity index (χ0v) is 15.8. The molecule has 1 aliphatic carbocycles. The molecule has 0 radical (unpaired) electrons. The standard InChI is InChI=1S/C23H13F2NO5/c24-17-9-8-12(10-18(17)25)26-19(27)11-31-23(30)16-7-3-6-15-20(16)22(29)14-5-2-1-4-13(14)21(15)28/h1-10H,11H2,(H,26,27). The van der Waals surface area contributed by atoms with E-state index in [1.807, 2.05) is 0 Å². The van der Waals surface area contributed by atoms with Crippen molar-refractivity contribution < 1.29 is 32.7 Å². The van der Waals surface area contributed by atoms with Gasteiger partial charge in [0, 0.05) is 34.0 Å². The van der Waals surface area contributed by atoms with Gasteiger partial charge in [0.2, 0.25) is 0 Å². The quantitative estimate of drug-likeness (QED) is 0.509. The summed E-state index contributed by atoms with van der Waals surface area (Å²) in [5.74, 6) is -4.87. The summed E-state index contributed by atoms with van der Waals surface area (Å²) in [7, 11) is 0. The fraction of sp³-hybridized carbons (Fsp3) is 0.0435. The lowest BCUT2D eigenvalue weighted by Crippen LogP contribution is -2.26. The Hall–Kier alpha value is -4.20. The molecule has 0 aromatic heterocycles. The molecule has 0 aliphatic heterocycles. The average molecular weight is 421 g/mol. The van der Waals surface area contributed by atoms with Crippen LogP contribution in [0.3, 0.4) is 0 Å². The van der Waals surface area contributed by atoms with E-state index >= 15 is 0 Å². The van der Waals surface area contributed by atoms with Gasteiger partial charge in [0.1, 0.15) is 0 Å². The monoisotopic (exact) mass is 421 g/mol. The lowest BCUT2D eigenvalue weighted by atomic mass is 9.82. The van der Waals surface area contributed by atoms with E-state index in [1.165, 1.54) is 30.3 Å². The Bertz CT molecular complexity index is 1270. The summed E-state index contributed by atoms with van der Waals surface area (Å²) in [6, 6.07) is 13.3. The zero-order valence-electron chi connectivity index (χ0n) is 15.8. The van der Waals surface area contributed by atoms with Crippen LogP contribution in [0.4, 0.5) is 14.5 Å². The van der Waals surface area contributed by atoms with Crippen LogP contribution in [0.15, 0.2) is 60.7 Å². The molecule has 31 heavy (non-hydrogen) atoms. The Morgan fingerprint density at radius 2 is 1.48 bits per heavy atom. The van der Waals surface area contributed by atoms with E-state index in [2.05, 4.69) is 5.32 Å². The summed E-state index contributed by atoms with van der Waals surface area (Å²) in [5, 5.41) is 2.26. The van der Waals surface area contributed by atoms with E-state index in [1.54, 1.807) is 12.1 Å². The number of amides is 1. The normalized spacial score (nSPS) is 12.1. The van der Waals surface area contributed by atoms with Crippen molar-refractivity contribution in [3.05, 3.63) is 100 Å². The van der Waals surface area contributed by atoms with Crippen molar-refractivity contribution in [2.45, 2.75) is 0 Å². The zero-order chi connectivity index (χ0) is 22.1. The van der Waals surface area contributed by atoms with Crippen molar-refractivity contribution in [2.24, 2.45) is 0 Å². The fourth-order valence-electron chi connectivity index (χ4n) is 3.29. The van der Waals surface area contributed by atoms with Gasteiger partial charge >= 0.3 is 5.97 Å². The summed E-state index contributed by atoms with van der Waals surface area (Å²) in [4.78, 5) is 50.2. The molecule has 4 rings (SSSR count). The van der Waals surface area contributed by atoms with Crippen LogP contribution in [-0.2, 0) is 9.53 Å². The number of carbonyl (C=O) groups is 4. The van der Waals surface area contributed by atoms with Crippen LogP contribution >= 0.6 is 0 Å². The number of fused-ring (bicyclic) bond motifs is 2. The summed E-state index contributed by atoms with van der Waals surface area (Å²) in [5.41, 5.74) is 0.245. The first-order chi connectivity index (χ1) is 14.9. The minimum absolute atomic E-state index is 0.0191. The van der Waals surface area contributed by atoms with Gasteiger partial charge in [-0.25, -0.2) is 13.6 Å². The highest BCUT2D eigenvalue weighted by Gasteiger charge is 2.33. The number of ether oxygens (including phenoxy) is 1. The topological polar surface area (TPSA) is 89.5 Å². The Balaban J connectivity index is 1.52. The molecule has 0 saturated heterocycles.